The van der Waals surface area contributed by atoms with Crippen LogP contribution in [0.2, 0.25) is 13.1 Å². The first-order valence-electron chi connectivity index (χ1n) is 11.5. The van der Waals surface area contributed by atoms with Gasteiger partial charge < -0.3 is 28.3 Å². The van der Waals surface area contributed by atoms with Crippen LogP contribution in [0.5, 0.6) is 0 Å². The molecule has 174 valence electrons. The monoisotopic (exact) mass is 456 g/mol. The van der Waals surface area contributed by atoms with E-state index in [1.165, 1.54) is 0 Å². The Labute approximate surface area is 186 Å². The van der Waals surface area contributed by atoms with Crippen molar-refractivity contribution in [3.05, 3.63) is 24.3 Å². The van der Waals surface area contributed by atoms with Gasteiger partial charge in [-0.15, -0.1) is 0 Å². The molecule has 1 aromatic rings. The van der Waals surface area contributed by atoms with Crippen molar-refractivity contribution in [3.8, 4) is 0 Å². The molecule has 8 heteroatoms. The molecule has 0 saturated heterocycles. The van der Waals surface area contributed by atoms with E-state index < -0.39 is 17.1 Å². The molecule has 1 rings (SSSR count). The van der Waals surface area contributed by atoms with Crippen LogP contribution in [-0.4, -0.2) is 54.9 Å². The summed E-state index contributed by atoms with van der Waals surface area (Å²) >= 11 is 0. The quantitative estimate of drug-likeness (QED) is 0.296. The Morgan fingerprint density at radius 1 is 0.700 bits per heavy atom. The number of nitrogens with zero attached hydrogens (tertiary/aromatic N) is 1. The highest BCUT2D eigenvalue weighted by Gasteiger charge is 2.51. The molecular weight excluding hydrogens is 412 g/mol. The van der Waals surface area contributed by atoms with Gasteiger partial charge in [0.2, 0.25) is 0 Å². The Hall–Kier alpha value is -0.906. The smallest absolute Gasteiger partial charge is 0.358 e. The van der Waals surface area contributed by atoms with Crippen molar-refractivity contribution in [3.63, 3.8) is 0 Å². The van der Waals surface area contributed by atoms with Crippen molar-refractivity contribution in [2.75, 3.05) is 37.1 Å². The number of hydrogen-bond donors (Lipinski definition) is 1. The fourth-order valence-corrected chi connectivity index (χ4v) is 11.0. The van der Waals surface area contributed by atoms with E-state index in [9.17, 15) is 0 Å². The van der Waals surface area contributed by atoms with E-state index in [-0.39, 0.29) is 11.3 Å². The second kappa shape index (κ2) is 12.8. The summed E-state index contributed by atoms with van der Waals surface area (Å²) in [7, 11) is -5.07. The van der Waals surface area contributed by atoms with Crippen LogP contribution >= 0.6 is 0 Å². The van der Waals surface area contributed by atoms with Crippen molar-refractivity contribution in [1.82, 2.24) is 0 Å². The zero-order valence-electron chi connectivity index (χ0n) is 20.4. The van der Waals surface area contributed by atoms with E-state index in [1.807, 2.05) is 39.8 Å². The van der Waals surface area contributed by atoms with E-state index in [2.05, 4.69) is 44.0 Å². The lowest BCUT2D eigenvalue weighted by atomic mass is 10.2. The summed E-state index contributed by atoms with van der Waals surface area (Å²) in [6.07, 6.45) is 1.82. The number of benzene rings is 1. The molecule has 6 nitrogen and oxygen atoms in total. The van der Waals surface area contributed by atoms with Crippen LogP contribution in [0.15, 0.2) is 24.3 Å². The molecule has 0 amide bonds. The van der Waals surface area contributed by atoms with E-state index in [0.29, 0.717) is 26.4 Å². The summed E-state index contributed by atoms with van der Waals surface area (Å²) < 4.78 is 25.4. The molecule has 0 aliphatic rings. The lowest BCUT2D eigenvalue weighted by Crippen LogP contribution is -2.68. The van der Waals surface area contributed by atoms with Crippen LogP contribution in [0.25, 0.3) is 0 Å². The number of nitrogens with two attached hydrogens (primary N) is 1. The standard InChI is InChI=1S/C22H44N2O4Si2/c1-9-21(29(7,25-11-3)26-12-4)24(20-17-15-19(23)16-18-20)22(10-2)30(8,27-13-5)28-14-6/h15-18,21-22H,9-14,23H2,1-8H3. The van der Waals surface area contributed by atoms with Crippen LogP contribution in [0.1, 0.15) is 54.4 Å². The summed E-state index contributed by atoms with van der Waals surface area (Å²) in [5.74, 6) is 0. The van der Waals surface area contributed by atoms with Gasteiger partial charge in [-0.1, -0.05) is 13.8 Å². The molecule has 30 heavy (non-hydrogen) atoms. The van der Waals surface area contributed by atoms with Crippen molar-refractivity contribution in [2.45, 2.75) is 78.8 Å². The van der Waals surface area contributed by atoms with Crippen molar-refractivity contribution < 1.29 is 17.7 Å². The number of rotatable bonds is 15. The minimum Gasteiger partial charge on any atom is -0.399 e. The second-order valence-electron chi connectivity index (χ2n) is 7.61. The third-order valence-electron chi connectivity index (χ3n) is 5.57. The van der Waals surface area contributed by atoms with Crippen molar-refractivity contribution in [1.29, 1.82) is 0 Å². The molecule has 2 N–H and O–H groups in total. The maximum absolute atomic E-state index is 6.36. The third-order valence-corrected chi connectivity index (χ3v) is 12.8. The third kappa shape index (κ3) is 6.54. The van der Waals surface area contributed by atoms with E-state index in [1.54, 1.807) is 0 Å². The molecule has 2 atom stereocenters. The molecule has 0 aliphatic heterocycles. The fourth-order valence-electron chi connectivity index (χ4n) is 4.48. The van der Waals surface area contributed by atoms with E-state index in [4.69, 9.17) is 23.4 Å². The SMILES string of the molecule is CCO[Si](C)(OCC)C(CC)N(c1ccc(N)cc1)C(CC)[Si](C)(OCC)OCC. The van der Waals surface area contributed by atoms with Gasteiger partial charge in [-0.2, -0.15) is 0 Å². The van der Waals surface area contributed by atoms with Gasteiger partial charge >= 0.3 is 17.1 Å². The van der Waals surface area contributed by atoms with Gasteiger partial charge in [0.15, 0.2) is 0 Å². The van der Waals surface area contributed by atoms with E-state index in [0.717, 1.165) is 24.2 Å². The molecule has 0 bridgehead atoms. The molecule has 0 spiro atoms. The maximum atomic E-state index is 6.36. The predicted molar refractivity (Wildman–Crippen MR) is 131 cm³/mol. The minimum absolute atomic E-state index is 0.110. The highest BCUT2D eigenvalue weighted by atomic mass is 28.4. The number of hydrogen-bond acceptors (Lipinski definition) is 6. The molecule has 1 aromatic carbocycles. The first-order valence-corrected chi connectivity index (χ1v) is 16.2. The molecule has 0 saturated carbocycles. The Kier molecular flexibility index (Phi) is 11.6. The largest absolute Gasteiger partial charge is 0.399 e. The Balaban J connectivity index is 3.64. The Morgan fingerprint density at radius 3 is 1.30 bits per heavy atom. The predicted octanol–water partition coefficient (Wildman–Crippen LogP) is 5.00. The highest BCUT2D eigenvalue weighted by Crippen LogP contribution is 2.34. The minimum atomic E-state index is -2.54. The first kappa shape index (κ1) is 27.1. The summed E-state index contributed by atoms with van der Waals surface area (Å²) in [5.41, 5.74) is 8.09. The van der Waals surface area contributed by atoms with Gasteiger partial charge in [0, 0.05) is 37.8 Å². The fraction of sp³-hybridized carbons (Fsp3) is 0.727. The highest BCUT2D eigenvalue weighted by molar-refractivity contribution is 6.70. The van der Waals surface area contributed by atoms with Gasteiger partial charge in [0.25, 0.3) is 0 Å². The maximum Gasteiger partial charge on any atom is 0.358 e. The number of nitrogen functional groups attached to an aromatic ring is 1. The van der Waals surface area contributed by atoms with Crippen LogP contribution in [0.3, 0.4) is 0 Å². The first-order chi connectivity index (χ1) is 14.3. The van der Waals surface area contributed by atoms with Gasteiger partial charge in [0.1, 0.15) is 0 Å². The second-order valence-corrected chi connectivity index (χ2v) is 14.2. The van der Waals surface area contributed by atoms with Gasteiger partial charge in [0.05, 0.1) is 11.3 Å². The molecular formula is C22H44N2O4Si2. The zero-order valence-corrected chi connectivity index (χ0v) is 22.4. The molecule has 0 aliphatic carbocycles. The normalized spacial score (nSPS) is 14.5. The lowest BCUT2D eigenvalue weighted by molar-refractivity contribution is 0.166. The van der Waals surface area contributed by atoms with Crippen LogP contribution in [-0.2, 0) is 17.7 Å². The van der Waals surface area contributed by atoms with Gasteiger partial charge in [-0.3, -0.25) is 0 Å². The summed E-state index contributed by atoms with van der Waals surface area (Å²) in [6, 6.07) is 8.12. The van der Waals surface area contributed by atoms with Crippen molar-refractivity contribution in [2.24, 2.45) is 0 Å². The Morgan fingerprint density at radius 2 is 1.03 bits per heavy atom. The molecule has 0 heterocycles. The van der Waals surface area contributed by atoms with Crippen LogP contribution in [0.4, 0.5) is 11.4 Å². The van der Waals surface area contributed by atoms with E-state index >= 15 is 0 Å². The zero-order chi connectivity index (χ0) is 22.8. The lowest BCUT2D eigenvalue weighted by Gasteiger charge is -2.49. The summed E-state index contributed by atoms with van der Waals surface area (Å²) in [4.78, 5) is 2.48. The van der Waals surface area contributed by atoms with Crippen LogP contribution < -0.4 is 10.6 Å². The van der Waals surface area contributed by atoms with Gasteiger partial charge in [-0.05, 0) is 77.9 Å². The topological polar surface area (TPSA) is 66.2 Å². The number of anilines is 2. The summed E-state index contributed by atoms with van der Waals surface area (Å²) in [5, 5.41) is 0. The molecule has 0 aromatic heterocycles. The molecule has 0 radical (unpaired) electrons. The van der Waals surface area contributed by atoms with Crippen molar-refractivity contribution >= 4 is 28.5 Å². The van der Waals surface area contributed by atoms with Crippen LogP contribution in [0, 0.1) is 0 Å². The summed E-state index contributed by atoms with van der Waals surface area (Å²) in [6.45, 7) is 19.5. The molecule has 2 unspecified atom stereocenters. The average molecular weight is 457 g/mol. The Bertz CT molecular complexity index is 561. The van der Waals surface area contributed by atoms with Gasteiger partial charge in [-0.25, -0.2) is 0 Å². The average Bonchev–Trinajstić information content (AvgIpc) is 2.69. The molecule has 0 fully saturated rings.